The van der Waals surface area contributed by atoms with Crippen LogP contribution in [-0.2, 0) is 0 Å². The number of alkyl halides is 3. The van der Waals surface area contributed by atoms with Gasteiger partial charge in [0.2, 0.25) is 0 Å². The van der Waals surface area contributed by atoms with Gasteiger partial charge in [-0.1, -0.05) is 0 Å². The highest BCUT2D eigenvalue weighted by Crippen LogP contribution is 2.24. The van der Waals surface area contributed by atoms with Crippen LogP contribution in [0.1, 0.15) is 21.7 Å². The summed E-state index contributed by atoms with van der Waals surface area (Å²) in [6.07, 6.45) is -4.39. The fourth-order valence-corrected chi connectivity index (χ4v) is 2.42. The Morgan fingerprint density at radius 1 is 1.35 bits per heavy atom. The summed E-state index contributed by atoms with van der Waals surface area (Å²) in [7, 11) is 0. The first-order valence-electron chi connectivity index (χ1n) is 7.12. The van der Waals surface area contributed by atoms with Crippen molar-refractivity contribution in [3.63, 3.8) is 0 Å². The van der Waals surface area contributed by atoms with Gasteiger partial charge in [-0.05, 0) is 13.8 Å². The summed E-state index contributed by atoms with van der Waals surface area (Å²) in [6.45, 7) is 4.61. The van der Waals surface area contributed by atoms with E-state index in [9.17, 15) is 18.0 Å². The number of aromatic amines is 1. The SMILES string of the molecule is Cc1[nH]nc(C(=O)NCC(N2CCNCC2)C(F)(F)F)c1C.Cl. The molecule has 3 N–H and O–H groups in total. The molecule has 1 fully saturated rings. The summed E-state index contributed by atoms with van der Waals surface area (Å²) in [5.41, 5.74) is 1.50. The van der Waals surface area contributed by atoms with E-state index in [0.29, 0.717) is 31.7 Å². The zero-order valence-electron chi connectivity index (χ0n) is 13.0. The smallest absolute Gasteiger partial charge is 0.349 e. The number of piperazine rings is 1. The van der Waals surface area contributed by atoms with Crippen molar-refractivity contribution in [3.05, 3.63) is 17.0 Å². The van der Waals surface area contributed by atoms with Crippen LogP contribution in [0.3, 0.4) is 0 Å². The average Bonchev–Trinajstić information content (AvgIpc) is 2.79. The number of hydrogen-bond acceptors (Lipinski definition) is 4. The van der Waals surface area contributed by atoms with Gasteiger partial charge < -0.3 is 10.6 Å². The molecule has 1 aliphatic rings. The van der Waals surface area contributed by atoms with Gasteiger partial charge in [0.05, 0.1) is 0 Å². The highest BCUT2D eigenvalue weighted by Gasteiger charge is 2.43. The van der Waals surface area contributed by atoms with Crippen molar-refractivity contribution in [2.24, 2.45) is 0 Å². The number of carbonyl (C=O) groups is 1. The zero-order valence-corrected chi connectivity index (χ0v) is 13.8. The highest BCUT2D eigenvalue weighted by molar-refractivity contribution is 5.93. The first-order chi connectivity index (χ1) is 10.3. The van der Waals surface area contributed by atoms with Crippen LogP contribution in [0, 0.1) is 13.8 Å². The lowest BCUT2D eigenvalue weighted by atomic mass is 10.2. The van der Waals surface area contributed by atoms with Crippen molar-refractivity contribution in [1.82, 2.24) is 25.7 Å². The van der Waals surface area contributed by atoms with Crippen LogP contribution in [0.15, 0.2) is 0 Å². The van der Waals surface area contributed by atoms with Gasteiger partial charge in [0.15, 0.2) is 5.69 Å². The molecule has 2 rings (SSSR count). The lowest BCUT2D eigenvalue weighted by Gasteiger charge is -2.35. The number of halogens is 4. The van der Waals surface area contributed by atoms with E-state index in [4.69, 9.17) is 0 Å². The topological polar surface area (TPSA) is 73.0 Å². The number of rotatable bonds is 4. The fraction of sp³-hybridized carbons (Fsp3) is 0.692. The number of aryl methyl sites for hydroxylation is 1. The molecule has 23 heavy (non-hydrogen) atoms. The number of amides is 1. The summed E-state index contributed by atoms with van der Waals surface area (Å²) < 4.78 is 39.6. The molecular weight excluding hydrogens is 335 g/mol. The minimum absolute atomic E-state index is 0. The molecule has 10 heteroatoms. The number of H-pyrrole nitrogens is 1. The maximum absolute atomic E-state index is 13.2. The Kier molecular flexibility index (Phi) is 6.84. The summed E-state index contributed by atoms with van der Waals surface area (Å²) >= 11 is 0. The second-order valence-corrected chi connectivity index (χ2v) is 5.38. The minimum atomic E-state index is -4.39. The Hall–Kier alpha value is -1.32. The first kappa shape index (κ1) is 19.7. The van der Waals surface area contributed by atoms with E-state index in [0.717, 1.165) is 5.69 Å². The lowest BCUT2D eigenvalue weighted by Crippen LogP contribution is -2.57. The van der Waals surface area contributed by atoms with Gasteiger partial charge in [0.1, 0.15) is 6.04 Å². The second-order valence-electron chi connectivity index (χ2n) is 5.38. The molecule has 1 aromatic heterocycles. The Morgan fingerprint density at radius 2 is 1.96 bits per heavy atom. The van der Waals surface area contributed by atoms with Crippen molar-refractivity contribution >= 4 is 18.3 Å². The number of nitrogens with one attached hydrogen (secondary N) is 3. The van der Waals surface area contributed by atoms with Gasteiger partial charge in [0.25, 0.3) is 5.91 Å². The average molecular weight is 356 g/mol. The maximum atomic E-state index is 13.2. The van der Waals surface area contributed by atoms with Gasteiger partial charge in [-0.3, -0.25) is 14.8 Å². The third-order valence-corrected chi connectivity index (χ3v) is 3.89. The van der Waals surface area contributed by atoms with E-state index < -0.39 is 24.7 Å². The normalized spacial score (nSPS) is 17.4. The number of carbonyl (C=O) groups excluding carboxylic acids is 1. The third kappa shape index (κ3) is 4.82. The Bertz CT molecular complexity index is 528. The van der Waals surface area contributed by atoms with E-state index in [2.05, 4.69) is 20.8 Å². The number of hydrogen-bond donors (Lipinski definition) is 3. The molecule has 6 nitrogen and oxygen atoms in total. The van der Waals surface area contributed by atoms with E-state index in [1.54, 1.807) is 13.8 Å². The minimum Gasteiger partial charge on any atom is -0.349 e. The van der Waals surface area contributed by atoms with Crippen LogP contribution < -0.4 is 10.6 Å². The molecule has 1 unspecified atom stereocenters. The van der Waals surface area contributed by atoms with Crippen LogP contribution in [0.2, 0.25) is 0 Å². The molecule has 1 aliphatic heterocycles. The Labute approximate surface area is 138 Å². The molecule has 0 spiro atoms. The maximum Gasteiger partial charge on any atom is 0.405 e. The predicted octanol–water partition coefficient (Wildman–Crippen LogP) is 1.01. The van der Waals surface area contributed by atoms with Crippen molar-refractivity contribution < 1.29 is 18.0 Å². The molecule has 1 amide bonds. The van der Waals surface area contributed by atoms with E-state index >= 15 is 0 Å². The molecule has 0 aromatic carbocycles. The van der Waals surface area contributed by atoms with Crippen LogP contribution in [0.4, 0.5) is 13.2 Å². The van der Waals surface area contributed by atoms with Crippen molar-refractivity contribution in [1.29, 1.82) is 0 Å². The van der Waals surface area contributed by atoms with Crippen molar-refractivity contribution in [2.45, 2.75) is 26.1 Å². The molecule has 0 aliphatic carbocycles. The molecule has 0 saturated carbocycles. The summed E-state index contributed by atoms with van der Waals surface area (Å²) in [4.78, 5) is 13.3. The van der Waals surface area contributed by atoms with Crippen LogP contribution >= 0.6 is 12.4 Å². The van der Waals surface area contributed by atoms with Crippen LogP contribution in [0.25, 0.3) is 0 Å². The van der Waals surface area contributed by atoms with Crippen LogP contribution in [0.5, 0.6) is 0 Å². The Morgan fingerprint density at radius 3 is 2.43 bits per heavy atom. The third-order valence-electron chi connectivity index (χ3n) is 3.89. The van der Waals surface area contributed by atoms with Gasteiger partial charge in [-0.25, -0.2) is 0 Å². The lowest BCUT2D eigenvalue weighted by molar-refractivity contribution is -0.183. The van der Waals surface area contributed by atoms with Gasteiger partial charge in [-0.2, -0.15) is 18.3 Å². The molecule has 0 bridgehead atoms. The monoisotopic (exact) mass is 355 g/mol. The molecule has 132 valence electrons. The highest BCUT2D eigenvalue weighted by atomic mass is 35.5. The van der Waals surface area contributed by atoms with Gasteiger partial charge in [0, 0.05) is 44.0 Å². The molecule has 1 atom stereocenters. The zero-order chi connectivity index (χ0) is 16.3. The molecule has 1 saturated heterocycles. The molecular formula is C13H21ClF3N5O. The van der Waals surface area contributed by atoms with E-state index in [1.165, 1.54) is 4.90 Å². The van der Waals surface area contributed by atoms with Gasteiger partial charge >= 0.3 is 6.18 Å². The van der Waals surface area contributed by atoms with E-state index in [1.807, 2.05) is 0 Å². The number of nitrogens with zero attached hydrogens (tertiary/aromatic N) is 2. The Balaban J connectivity index is 0.00000264. The quantitative estimate of drug-likeness (QED) is 0.754. The molecule has 1 aromatic rings. The van der Waals surface area contributed by atoms with Crippen molar-refractivity contribution in [3.8, 4) is 0 Å². The standard InChI is InChI=1S/C13H20F3N5O.ClH/c1-8-9(2)19-20-11(8)12(22)18-7-10(13(14,15)16)21-5-3-17-4-6-21;/h10,17H,3-7H2,1-2H3,(H,18,22)(H,19,20);1H. The van der Waals surface area contributed by atoms with E-state index in [-0.39, 0.29) is 18.1 Å². The van der Waals surface area contributed by atoms with Crippen molar-refractivity contribution in [2.75, 3.05) is 32.7 Å². The summed E-state index contributed by atoms with van der Waals surface area (Å²) in [6, 6.07) is -1.68. The summed E-state index contributed by atoms with van der Waals surface area (Å²) in [5, 5.41) is 11.8. The molecule has 0 radical (unpaired) electrons. The summed E-state index contributed by atoms with van der Waals surface area (Å²) in [5.74, 6) is -0.591. The first-order valence-corrected chi connectivity index (χ1v) is 7.12. The van der Waals surface area contributed by atoms with Gasteiger partial charge in [-0.15, -0.1) is 12.4 Å². The number of aromatic nitrogens is 2. The fourth-order valence-electron chi connectivity index (χ4n) is 2.42. The molecule has 2 heterocycles. The van der Waals surface area contributed by atoms with Crippen LogP contribution in [-0.4, -0.2) is 65.9 Å². The largest absolute Gasteiger partial charge is 0.405 e. The predicted molar refractivity (Wildman–Crippen MR) is 81.9 cm³/mol. The second kappa shape index (κ2) is 7.98.